The Morgan fingerprint density at radius 1 is 1.25 bits per heavy atom. The van der Waals surface area contributed by atoms with E-state index in [-0.39, 0.29) is 0 Å². The van der Waals surface area contributed by atoms with Crippen LogP contribution in [0.3, 0.4) is 0 Å². The summed E-state index contributed by atoms with van der Waals surface area (Å²) in [6, 6.07) is 8.33. The van der Waals surface area contributed by atoms with E-state index in [0.29, 0.717) is 6.04 Å². The van der Waals surface area contributed by atoms with E-state index in [9.17, 15) is 0 Å². The smallest absolute Gasteiger partial charge is 0.122 e. The van der Waals surface area contributed by atoms with Gasteiger partial charge < -0.3 is 10.1 Å². The molecule has 1 unspecified atom stereocenters. The zero-order valence-electron chi connectivity index (χ0n) is 12.1. The second-order valence-corrected chi connectivity index (χ2v) is 6.49. The van der Waals surface area contributed by atoms with E-state index in [0.717, 1.165) is 31.4 Å². The summed E-state index contributed by atoms with van der Waals surface area (Å²) in [5.74, 6) is 1.10. The topological polar surface area (TPSA) is 24.5 Å². The van der Waals surface area contributed by atoms with Gasteiger partial charge in [-0.15, -0.1) is 0 Å². The van der Waals surface area contributed by atoms with E-state index in [4.69, 9.17) is 4.74 Å². The lowest BCUT2D eigenvalue weighted by atomic mass is 10.1. The average molecular weight is 272 g/mol. The van der Waals surface area contributed by atoms with Crippen LogP contribution in [0.5, 0.6) is 5.75 Å². The van der Waals surface area contributed by atoms with Gasteiger partial charge in [0.1, 0.15) is 5.75 Å². The Balaban J connectivity index is 1.44. The Morgan fingerprint density at radius 3 is 3.00 bits per heavy atom. The molecule has 20 heavy (non-hydrogen) atoms. The van der Waals surface area contributed by atoms with Gasteiger partial charge in [0.05, 0.1) is 6.61 Å². The van der Waals surface area contributed by atoms with Crippen LogP contribution in [-0.4, -0.2) is 36.7 Å². The molecule has 1 N–H and O–H groups in total. The van der Waals surface area contributed by atoms with Crippen molar-refractivity contribution in [1.82, 2.24) is 10.2 Å². The lowest BCUT2D eigenvalue weighted by molar-refractivity contribution is 0.231. The van der Waals surface area contributed by atoms with Crippen molar-refractivity contribution >= 4 is 0 Å². The van der Waals surface area contributed by atoms with E-state index in [2.05, 4.69) is 28.4 Å². The Bertz CT molecular complexity index is 478. The molecule has 0 spiro atoms. The van der Waals surface area contributed by atoms with Gasteiger partial charge >= 0.3 is 0 Å². The first-order valence-corrected chi connectivity index (χ1v) is 8.10. The molecule has 0 amide bonds. The predicted octanol–water partition coefficient (Wildman–Crippen LogP) is 2.34. The molecule has 3 heteroatoms. The summed E-state index contributed by atoms with van der Waals surface area (Å²) in [6.45, 7) is 4.39. The first kappa shape index (κ1) is 12.7. The Morgan fingerprint density at radius 2 is 2.20 bits per heavy atom. The third kappa shape index (κ3) is 2.70. The summed E-state index contributed by atoms with van der Waals surface area (Å²) < 4.78 is 5.60. The highest BCUT2D eigenvalue weighted by Crippen LogP contribution is 2.31. The minimum absolute atomic E-state index is 0.716. The van der Waals surface area contributed by atoms with Crippen LogP contribution in [-0.2, 0) is 13.0 Å². The number of rotatable bonds is 5. The lowest BCUT2D eigenvalue weighted by Gasteiger charge is -2.25. The molecule has 2 heterocycles. The zero-order chi connectivity index (χ0) is 13.4. The SMILES string of the molecule is c1cc2c(cc1CN(CC1CCCN1)C1CC1)CCO2. The first-order chi connectivity index (χ1) is 9.88. The van der Waals surface area contributed by atoms with E-state index in [1.807, 2.05) is 0 Å². The summed E-state index contributed by atoms with van der Waals surface area (Å²) in [5, 5.41) is 3.64. The average Bonchev–Trinajstić information content (AvgIpc) is 2.99. The molecule has 108 valence electrons. The first-order valence-electron chi connectivity index (χ1n) is 8.10. The minimum atomic E-state index is 0.716. The Hall–Kier alpha value is -1.06. The maximum absolute atomic E-state index is 5.60. The normalized spacial score (nSPS) is 24.9. The number of fused-ring (bicyclic) bond motifs is 1. The molecule has 3 nitrogen and oxygen atoms in total. The van der Waals surface area contributed by atoms with Crippen LogP contribution >= 0.6 is 0 Å². The van der Waals surface area contributed by atoms with E-state index in [1.165, 1.54) is 49.9 Å². The summed E-state index contributed by atoms with van der Waals surface area (Å²) in [4.78, 5) is 2.69. The number of nitrogens with zero attached hydrogens (tertiary/aromatic N) is 1. The Kier molecular flexibility index (Phi) is 3.41. The van der Waals surface area contributed by atoms with Crippen molar-refractivity contribution in [2.24, 2.45) is 0 Å². The number of ether oxygens (including phenoxy) is 1. The molecule has 1 aromatic rings. The quantitative estimate of drug-likeness (QED) is 0.890. The van der Waals surface area contributed by atoms with Crippen LogP contribution in [0.25, 0.3) is 0 Å². The van der Waals surface area contributed by atoms with E-state index in [1.54, 1.807) is 0 Å². The third-order valence-electron chi connectivity index (χ3n) is 4.82. The molecular formula is C17H24N2O. The van der Waals surface area contributed by atoms with Crippen molar-refractivity contribution in [3.8, 4) is 5.75 Å². The second kappa shape index (κ2) is 5.38. The fraction of sp³-hybridized carbons (Fsp3) is 0.647. The molecule has 1 aromatic carbocycles. The van der Waals surface area contributed by atoms with Crippen LogP contribution in [0.2, 0.25) is 0 Å². The molecule has 1 saturated heterocycles. The van der Waals surface area contributed by atoms with Crippen LogP contribution in [0.15, 0.2) is 18.2 Å². The van der Waals surface area contributed by atoms with Crippen LogP contribution in [0.4, 0.5) is 0 Å². The van der Waals surface area contributed by atoms with Crippen molar-refractivity contribution in [2.45, 2.75) is 50.7 Å². The van der Waals surface area contributed by atoms with Crippen molar-refractivity contribution in [3.63, 3.8) is 0 Å². The molecule has 4 rings (SSSR count). The molecule has 0 aromatic heterocycles. The summed E-state index contributed by atoms with van der Waals surface area (Å²) in [7, 11) is 0. The number of benzene rings is 1. The monoisotopic (exact) mass is 272 g/mol. The summed E-state index contributed by atoms with van der Waals surface area (Å²) >= 11 is 0. The van der Waals surface area contributed by atoms with E-state index < -0.39 is 0 Å². The maximum atomic E-state index is 5.60. The number of nitrogens with one attached hydrogen (secondary N) is 1. The highest BCUT2D eigenvalue weighted by atomic mass is 16.5. The molecule has 2 fully saturated rings. The highest BCUT2D eigenvalue weighted by molar-refractivity contribution is 5.39. The second-order valence-electron chi connectivity index (χ2n) is 6.49. The maximum Gasteiger partial charge on any atom is 0.122 e. The molecular weight excluding hydrogens is 248 g/mol. The molecule has 2 aliphatic heterocycles. The standard InChI is InChI=1S/C17H24N2O/c1-2-15(18-8-1)12-19(16-4-5-16)11-13-3-6-17-14(10-13)7-9-20-17/h3,6,10,15-16,18H,1-2,4-5,7-9,11-12H2. The summed E-state index contributed by atoms with van der Waals surface area (Å²) in [5.41, 5.74) is 2.86. The van der Waals surface area contributed by atoms with Gasteiger partial charge in [0.25, 0.3) is 0 Å². The largest absolute Gasteiger partial charge is 0.493 e. The number of hydrogen-bond acceptors (Lipinski definition) is 3. The number of hydrogen-bond donors (Lipinski definition) is 1. The predicted molar refractivity (Wildman–Crippen MR) is 80.1 cm³/mol. The van der Waals surface area contributed by atoms with Gasteiger partial charge in [-0.1, -0.05) is 12.1 Å². The van der Waals surface area contributed by atoms with Gasteiger partial charge in [-0.25, -0.2) is 0 Å². The molecule has 3 aliphatic rings. The van der Waals surface area contributed by atoms with Crippen molar-refractivity contribution < 1.29 is 4.74 Å². The van der Waals surface area contributed by atoms with E-state index >= 15 is 0 Å². The fourth-order valence-electron chi connectivity index (χ4n) is 3.55. The molecule has 1 saturated carbocycles. The van der Waals surface area contributed by atoms with Gasteiger partial charge in [-0.05, 0) is 49.4 Å². The van der Waals surface area contributed by atoms with Gasteiger partial charge in [0.15, 0.2) is 0 Å². The zero-order valence-corrected chi connectivity index (χ0v) is 12.1. The van der Waals surface area contributed by atoms with Gasteiger partial charge in [-0.2, -0.15) is 0 Å². The molecule has 1 atom stereocenters. The van der Waals surface area contributed by atoms with Gasteiger partial charge in [0.2, 0.25) is 0 Å². The van der Waals surface area contributed by atoms with Crippen molar-refractivity contribution in [3.05, 3.63) is 29.3 Å². The van der Waals surface area contributed by atoms with Crippen LogP contribution in [0.1, 0.15) is 36.8 Å². The van der Waals surface area contributed by atoms with Crippen molar-refractivity contribution in [2.75, 3.05) is 19.7 Å². The highest BCUT2D eigenvalue weighted by Gasteiger charge is 2.31. The summed E-state index contributed by atoms with van der Waals surface area (Å²) in [6.07, 6.45) is 6.55. The minimum Gasteiger partial charge on any atom is -0.493 e. The molecule has 0 radical (unpaired) electrons. The third-order valence-corrected chi connectivity index (χ3v) is 4.82. The van der Waals surface area contributed by atoms with Gasteiger partial charge in [0, 0.05) is 31.6 Å². The van der Waals surface area contributed by atoms with Gasteiger partial charge in [-0.3, -0.25) is 4.90 Å². The van der Waals surface area contributed by atoms with Crippen molar-refractivity contribution in [1.29, 1.82) is 0 Å². The lowest BCUT2D eigenvalue weighted by Crippen LogP contribution is -2.38. The molecule has 1 aliphatic carbocycles. The van der Waals surface area contributed by atoms with Crippen LogP contribution < -0.4 is 10.1 Å². The Labute approximate surface area is 121 Å². The molecule has 0 bridgehead atoms. The van der Waals surface area contributed by atoms with Crippen LogP contribution in [0, 0.1) is 0 Å². The fourth-order valence-corrected chi connectivity index (χ4v) is 3.55.